The van der Waals surface area contributed by atoms with Gasteiger partial charge in [0.05, 0.1) is 12.2 Å². The number of pyridine rings is 1. The second-order valence-electron chi connectivity index (χ2n) is 3.07. The van der Waals surface area contributed by atoms with Crippen molar-refractivity contribution in [2.24, 2.45) is 4.99 Å². The van der Waals surface area contributed by atoms with Crippen molar-refractivity contribution in [3.63, 3.8) is 0 Å². The molecule has 0 aliphatic rings. The molecule has 0 fully saturated rings. The third kappa shape index (κ3) is 4.52. The van der Waals surface area contributed by atoms with Crippen molar-refractivity contribution in [2.45, 2.75) is 18.1 Å². The van der Waals surface area contributed by atoms with Crippen LogP contribution in [0, 0.1) is 0 Å². The molecule has 1 aromatic rings. The minimum atomic E-state index is -4.94. The van der Waals surface area contributed by atoms with Crippen molar-refractivity contribution in [2.75, 3.05) is 0 Å². The van der Waals surface area contributed by atoms with Gasteiger partial charge in [-0.05, 0) is 12.1 Å². The summed E-state index contributed by atoms with van der Waals surface area (Å²) in [6.45, 7) is 0.0786. The van der Waals surface area contributed by atoms with Crippen LogP contribution in [-0.4, -0.2) is 28.5 Å². The highest BCUT2D eigenvalue weighted by atomic mass is 35.5. The summed E-state index contributed by atoms with van der Waals surface area (Å²) in [5.41, 5.74) is 0.576. The van der Waals surface area contributed by atoms with E-state index >= 15 is 0 Å². The lowest BCUT2D eigenvalue weighted by atomic mass is 10.3. The lowest BCUT2D eigenvalue weighted by Crippen LogP contribution is -2.32. The molecule has 0 N–H and O–H groups in total. The van der Waals surface area contributed by atoms with Gasteiger partial charge in [0, 0.05) is 12.4 Å². The number of aromatic nitrogens is 1. The van der Waals surface area contributed by atoms with Crippen LogP contribution in [0.25, 0.3) is 0 Å². The van der Waals surface area contributed by atoms with E-state index in [1.165, 1.54) is 6.20 Å². The van der Waals surface area contributed by atoms with Crippen molar-refractivity contribution in [1.29, 1.82) is 0 Å². The summed E-state index contributed by atoms with van der Waals surface area (Å²) in [4.78, 5) is 18.2. The zero-order chi connectivity index (χ0) is 12.9. The van der Waals surface area contributed by atoms with E-state index in [0.717, 1.165) is 6.21 Å². The average molecular weight is 265 g/mol. The highest BCUT2D eigenvalue weighted by Crippen LogP contribution is 2.19. The first kappa shape index (κ1) is 13.6. The molecule has 0 saturated carbocycles. The van der Waals surface area contributed by atoms with E-state index in [1.807, 2.05) is 0 Å². The van der Waals surface area contributed by atoms with Crippen LogP contribution in [-0.2, 0) is 11.3 Å². The van der Waals surface area contributed by atoms with E-state index in [2.05, 4.69) is 9.98 Å². The summed E-state index contributed by atoms with van der Waals surface area (Å²) in [6, 6.07) is 5.08. The first-order valence-corrected chi connectivity index (χ1v) is 5.00. The third-order valence-electron chi connectivity index (χ3n) is 1.75. The molecule has 0 amide bonds. The van der Waals surface area contributed by atoms with Gasteiger partial charge in [-0.2, -0.15) is 13.2 Å². The maximum atomic E-state index is 11.9. The number of aliphatic imine (C=N–C) groups is 1. The van der Waals surface area contributed by atoms with Crippen LogP contribution >= 0.6 is 11.6 Å². The fourth-order valence-corrected chi connectivity index (χ4v) is 1.16. The normalized spacial score (nSPS) is 13.9. The number of hydrogen-bond donors (Lipinski definition) is 0. The molecular weight excluding hydrogens is 257 g/mol. The van der Waals surface area contributed by atoms with Gasteiger partial charge < -0.3 is 0 Å². The molecule has 1 unspecified atom stereocenters. The van der Waals surface area contributed by atoms with E-state index in [0.29, 0.717) is 5.69 Å². The fraction of sp³-hybridized carbons (Fsp3) is 0.300. The third-order valence-corrected chi connectivity index (χ3v) is 2.06. The fourth-order valence-electron chi connectivity index (χ4n) is 0.954. The largest absolute Gasteiger partial charge is 0.451 e. The quantitative estimate of drug-likeness (QED) is 0.619. The zero-order valence-electron chi connectivity index (χ0n) is 8.49. The lowest BCUT2D eigenvalue weighted by Gasteiger charge is -2.06. The van der Waals surface area contributed by atoms with E-state index in [-0.39, 0.29) is 6.54 Å². The molecule has 1 aromatic heterocycles. The summed E-state index contributed by atoms with van der Waals surface area (Å²) >= 11 is 5.24. The summed E-state index contributed by atoms with van der Waals surface area (Å²) in [6.07, 6.45) is -2.64. The zero-order valence-corrected chi connectivity index (χ0v) is 9.24. The van der Waals surface area contributed by atoms with Crippen molar-refractivity contribution in [1.82, 2.24) is 4.98 Å². The van der Waals surface area contributed by atoms with Crippen molar-refractivity contribution in [3.05, 3.63) is 30.1 Å². The molecule has 3 nitrogen and oxygen atoms in total. The van der Waals surface area contributed by atoms with Crippen molar-refractivity contribution >= 4 is 23.6 Å². The Hall–Kier alpha value is -1.43. The number of ketones is 1. The summed E-state index contributed by atoms with van der Waals surface area (Å²) in [5.74, 6) is -2.02. The Kier molecular flexibility index (Phi) is 4.62. The second-order valence-corrected chi connectivity index (χ2v) is 3.54. The number of hydrogen-bond acceptors (Lipinski definition) is 3. The standard InChI is InChI=1S/C10H8ClF3N2O/c11-8(9(17)10(12,13)14)6-15-5-7-3-1-2-4-16-7/h1-4,6,8H,5H2. The van der Waals surface area contributed by atoms with E-state index in [4.69, 9.17) is 11.6 Å². The monoisotopic (exact) mass is 264 g/mol. The minimum absolute atomic E-state index is 0.0786. The van der Waals surface area contributed by atoms with Gasteiger partial charge >= 0.3 is 6.18 Å². The van der Waals surface area contributed by atoms with Gasteiger partial charge in [-0.1, -0.05) is 6.07 Å². The number of alkyl halides is 4. The molecule has 0 radical (unpaired) electrons. The molecule has 17 heavy (non-hydrogen) atoms. The van der Waals surface area contributed by atoms with Gasteiger partial charge in [0.15, 0.2) is 0 Å². The van der Waals surface area contributed by atoms with Gasteiger partial charge in [-0.3, -0.25) is 14.8 Å². The molecule has 0 aromatic carbocycles. The van der Waals surface area contributed by atoms with Gasteiger partial charge in [0.2, 0.25) is 0 Å². The topological polar surface area (TPSA) is 42.3 Å². The summed E-state index contributed by atoms with van der Waals surface area (Å²) in [5, 5.41) is -1.79. The van der Waals surface area contributed by atoms with E-state index in [1.54, 1.807) is 18.2 Å². The van der Waals surface area contributed by atoms with Crippen LogP contribution in [0.15, 0.2) is 29.4 Å². The molecule has 1 heterocycles. The first-order valence-electron chi connectivity index (χ1n) is 4.56. The first-order chi connectivity index (χ1) is 7.91. The number of nitrogens with zero attached hydrogens (tertiary/aromatic N) is 2. The SMILES string of the molecule is O=C(C(Cl)C=NCc1ccccn1)C(F)(F)F. The predicted molar refractivity (Wildman–Crippen MR) is 57.1 cm³/mol. The Morgan fingerprint density at radius 1 is 1.53 bits per heavy atom. The number of carbonyl (C=O) groups excluding carboxylic acids is 1. The summed E-state index contributed by atoms with van der Waals surface area (Å²) < 4.78 is 35.8. The summed E-state index contributed by atoms with van der Waals surface area (Å²) in [7, 11) is 0. The Bertz CT molecular complexity index is 406. The molecule has 0 bridgehead atoms. The molecule has 0 aliphatic carbocycles. The van der Waals surface area contributed by atoms with E-state index in [9.17, 15) is 18.0 Å². The van der Waals surface area contributed by atoms with Crippen LogP contribution < -0.4 is 0 Å². The van der Waals surface area contributed by atoms with Crippen molar-refractivity contribution in [3.8, 4) is 0 Å². The predicted octanol–water partition coefficient (Wildman–Crippen LogP) is 2.39. The number of Topliss-reactive ketones (excluding diaryl/α,β-unsaturated/α-hetero) is 1. The maximum absolute atomic E-state index is 11.9. The van der Waals surface area contributed by atoms with Crippen molar-refractivity contribution < 1.29 is 18.0 Å². The molecule has 1 atom stereocenters. The molecule has 1 rings (SSSR count). The van der Waals surface area contributed by atoms with E-state index < -0.39 is 17.3 Å². The highest BCUT2D eigenvalue weighted by molar-refractivity contribution is 6.40. The highest BCUT2D eigenvalue weighted by Gasteiger charge is 2.42. The Morgan fingerprint density at radius 3 is 2.76 bits per heavy atom. The molecule has 0 spiro atoms. The van der Waals surface area contributed by atoms with Crippen LogP contribution in [0.2, 0.25) is 0 Å². The van der Waals surface area contributed by atoms with Gasteiger partial charge in [-0.25, -0.2) is 0 Å². The molecular formula is C10H8ClF3N2O. The van der Waals surface area contributed by atoms with Crippen LogP contribution in [0.4, 0.5) is 13.2 Å². The molecule has 92 valence electrons. The smallest absolute Gasteiger partial charge is 0.289 e. The molecule has 7 heteroatoms. The van der Waals surface area contributed by atoms with Crippen LogP contribution in [0.3, 0.4) is 0 Å². The number of rotatable bonds is 4. The van der Waals surface area contributed by atoms with Crippen LogP contribution in [0.5, 0.6) is 0 Å². The second kappa shape index (κ2) is 5.77. The molecule has 0 aliphatic heterocycles. The maximum Gasteiger partial charge on any atom is 0.451 e. The number of carbonyl (C=O) groups is 1. The lowest BCUT2D eigenvalue weighted by molar-refractivity contribution is -0.169. The molecule has 0 saturated heterocycles. The Balaban J connectivity index is 2.52. The van der Waals surface area contributed by atoms with Crippen LogP contribution in [0.1, 0.15) is 5.69 Å². The van der Waals surface area contributed by atoms with Gasteiger partial charge in [0.1, 0.15) is 5.38 Å². The van der Waals surface area contributed by atoms with Gasteiger partial charge in [0.25, 0.3) is 5.78 Å². The average Bonchev–Trinajstić information content (AvgIpc) is 2.28. The Morgan fingerprint density at radius 2 is 2.24 bits per heavy atom. The number of halogens is 4. The van der Waals surface area contributed by atoms with Gasteiger partial charge in [-0.15, -0.1) is 11.6 Å². The minimum Gasteiger partial charge on any atom is -0.289 e. The Labute approximate surface area is 100 Å².